The highest BCUT2D eigenvalue weighted by Gasteiger charge is 2.05. The van der Waals surface area contributed by atoms with E-state index in [2.05, 4.69) is 20.4 Å². The van der Waals surface area contributed by atoms with Gasteiger partial charge in [-0.1, -0.05) is 0 Å². The standard InChI is InChI=1S/C7H10N6O/c1-12-9-2-6(11-12)3-13-5-8-10-7(13)4-14/h2,5,14H,3-4H2,1H3. The summed E-state index contributed by atoms with van der Waals surface area (Å²) in [6.07, 6.45) is 3.22. The van der Waals surface area contributed by atoms with Crippen molar-refractivity contribution in [2.75, 3.05) is 0 Å². The van der Waals surface area contributed by atoms with Gasteiger partial charge in [0, 0.05) is 7.05 Å². The molecule has 0 aliphatic rings. The highest BCUT2D eigenvalue weighted by atomic mass is 16.3. The van der Waals surface area contributed by atoms with Gasteiger partial charge in [-0.25, -0.2) is 0 Å². The van der Waals surface area contributed by atoms with Crippen LogP contribution in [0.4, 0.5) is 0 Å². The Morgan fingerprint density at radius 3 is 3.00 bits per heavy atom. The molecule has 7 heteroatoms. The normalized spacial score (nSPS) is 10.7. The summed E-state index contributed by atoms with van der Waals surface area (Å²) < 4.78 is 1.73. The third-order valence-corrected chi connectivity index (χ3v) is 1.82. The Labute approximate surface area is 80.0 Å². The minimum absolute atomic E-state index is 0.125. The van der Waals surface area contributed by atoms with Gasteiger partial charge < -0.3 is 9.67 Å². The Hall–Kier alpha value is -1.76. The van der Waals surface area contributed by atoms with Crippen LogP contribution < -0.4 is 0 Å². The molecule has 2 rings (SSSR count). The fourth-order valence-electron chi connectivity index (χ4n) is 1.17. The number of aryl methyl sites for hydroxylation is 1. The topological polar surface area (TPSA) is 81.7 Å². The average molecular weight is 194 g/mol. The van der Waals surface area contributed by atoms with Crippen LogP contribution in [0.2, 0.25) is 0 Å². The van der Waals surface area contributed by atoms with Crippen molar-refractivity contribution in [3.05, 3.63) is 24.0 Å². The second-order valence-corrected chi connectivity index (χ2v) is 2.86. The van der Waals surface area contributed by atoms with Gasteiger partial charge in [0.1, 0.15) is 18.6 Å². The first-order valence-corrected chi connectivity index (χ1v) is 4.12. The molecule has 1 N–H and O–H groups in total. The van der Waals surface area contributed by atoms with E-state index in [0.717, 1.165) is 5.69 Å². The van der Waals surface area contributed by atoms with E-state index in [1.165, 1.54) is 4.80 Å². The van der Waals surface area contributed by atoms with Gasteiger partial charge in [0.05, 0.1) is 12.7 Å². The van der Waals surface area contributed by atoms with E-state index in [1.54, 1.807) is 24.1 Å². The maximum Gasteiger partial charge on any atom is 0.158 e. The SMILES string of the molecule is Cn1ncc(Cn2cnnc2CO)n1. The van der Waals surface area contributed by atoms with Crippen molar-refractivity contribution in [3.63, 3.8) is 0 Å². The van der Waals surface area contributed by atoms with Gasteiger partial charge >= 0.3 is 0 Å². The van der Waals surface area contributed by atoms with Crippen molar-refractivity contribution < 1.29 is 5.11 Å². The van der Waals surface area contributed by atoms with E-state index in [0.29, 0.717) is 12.4 Å². The lowest BCUT2D eigenvalue weighted by Crippen LogP contribution is -2.05. The van der Waals surface area contributed by atoms with E-state index in [4.69, 9.17) is 5.11 Å². The fourth-order valence-corrected chi connectivity index (χ4v) is 1.17. The maximum absolute atomic E-state index is 8.93. The molecule has 0 saturated carbocycles. The van der Waals surface area contributed by atoms with Crippen molar-refractivity contribution in [1.82, 2.24) is 29.8 Å². The summed E-state index contributed by atoms with van der Waals surface area (Å²) in [4.78, 5) is 1.48. The number of aliphatic hydroxyl groups excluding tert-OH is 1. The quantitative estimate of drug-likeness (QED) is 0.674. The lowest BCUT2D eigenvalue weighted by Gasteiger charge is -2.00. The van der Waals surface area contributed by atoms with Crippen LogP contribution in [0.3, 0.4) is 0 Å². The van der Waals surface area contributed by atoms with Gasteiger partial charge in [0.15, 0.2) is 5.82 Å². The molecule has 0 aliphatic carbocycles. The number of hydrogen-bond acceptors (Lipinski definition) is 5. The lowest BCUT2D eigenvalue weighted by atomic mass is 10.4. The summed E-state index contributed by atoms with van der Waals surface area (Å²) in [6.45, 7) is 0.400. The van der Waals surface area contributed by atoms with E-state index >= 15 is 0 Å². The molecule has 0 unspecified atom stereocenters. The molecule has 2 heterocycles. The van der Waals surface area contributed by atoms with Crippen molar-refractivity contribution in [3.8, 4) is 0 Å². The molecular formula is C7H10N6O. The number of rotatable bonds is 3. The molecule has 0 amide bonds. The van der Waals surface area contributed by atoms with Gasteiger partial charge in [0.25, 0.3) is 0 Å². The molecule has 0 aromatic carbocycles. The zero-order valence-electron chi connectivity index (χ0n) is 7.70. The summed E-state index contributed by atoms with van der Waals surface area (Å²) in [5.41, 5.74) is 0.807. The van der Waals surface area contributed by atoms with Crippen LogP contribution in [-0.4, -0.2) is 34.9 Å². The molecule has 14 heavy (non-hydrogen) atoms. The van der Waals surface area contributed by atoms with Crippen LogP contribution in [0, 0.1) is 0 Å². The van der Waals surface area contributed by atoms with Crippen molar-refractivity contribution in [1.29, 1.82) is 0 Å². The maximum atomic E-state index is 8.93. The summed E-state index contributed by atoms with van der Waals surface area (Å²) in [5.74, 6) is 0.524. The minimum atomic E-state index is -0.125. The predicted molar refractivity (Wildman–Crippen MR) is 46.0 cm³/mol. The Morgan fingerprint density at radius 1 is 1.50 bits per heavy atom. The molecule has 7 nitrogen and oxygen atoms in total. The minimum Gasteiger partial charge on any atom is -0.388 e. The molecule has 74 valence electrons. The Morgan fingerprint density at radius 2 is 2.36 bits per heavy atom. The smallest absolute Gasteiger partial charge is 0.158 e. The van der Waals surface area contributed by atoms with Crippen LogP contribution in [0.15, 0.2) is 12.5 Å². The third-order valence-electron chi connectivity index (χ3n) is 1.82. The van der Waals surface area contributed by atoms with Crippen LogP contribution in [-0.2, 0) is 20.2 Å². The van der Waals surface area contributed by atoms with E-state index < -0.39 is 0 Å². The largest absolute Gasteiger partial charge is 0.388 e. The number of aromatic nitrogens is 6. The summed E-state index contributed by atoms with van der Waals surface area (Å²) in [5, 5.41) is 24.4. The Bertz CT molecular complexity index is 419. The molecule has 0 spiro atoms. The van der Waals surface area contributed by atoms with Gasteiger partial charge in [-0.05, 0) is 0 Å². The second-order valence-electron chi connectivity index (χ2n) is 2.86. The van der Waals surface area contributed by atoms with E-state index in [9.17, 15) is 0 Å². The van der Waals surface area contributed by atoms with Crippen LogP contribution in [0.5, 0.6) is 0 Å². The summed E-state index contributed by atoms with van der Waals surface area (Å²) >= 11 is 0. The number of nitrogens with zero attached hydrogens (tertiary/aromatic N) is 6. The highest BCUT2D eigenvalue weighted by molar-refractivity contribution is 4.95. The number of hydrogen-bond donors (Lipinski definition) is 1. The molecule has 0 atom stereocenters. The third kappa shape index (κ3) is 1.62. The first-order valence-electron chi connectivity index (χ1n) is 4.12. The molecule has 0 bridgehead atoms. The zero-order chi connectivity index (χ0) is 9.97. The summed E-state index contributed by atoms with van der Waals surface area (Å²) in [6, 6.07) is 0. The molecule has 0 fully saturated rings. The van der Waals surface area contributed by atoms with Crippen LogP contribution in [0.25, 0.3) is 0 Å². The van der Waals surface area contributed by atoms with Gasteiger partial charge in [-0.2, -0.15) is 15.0 Å². The van der Waals surface area contributed by atoms with Gasteiger partial charge in [-0.15, -0.1) is 10.2 Å². The Kier molecular flexibility index (Phi) is 2.23. The van der Waals surface area contributed by atoms with Crippen molar-refractivity contribution >= 4 is 0 Å². The second kappa shape index (κ2) is 3.54. The molecule has 0 saturated heterocycles. The molecule has 0 radical (unpaired) electrons. The van der Waals surface area contributed by atoms with Crippen molar-refractivity contribution in [2.24, 2.45) is 7.05 Å². The predicted octanol–water partition coefficient (Wildman–Crippen LogP) is -1.05. The molecular weight excluding hydrogens is 184 g/mol. The first kappa shape index (κ1) is 8.82. The Balaban J connectivity index is 2.18. The van der Waals surface area contributed by atoms with Crippen molar-refractivity contribution in [2.45, 2.75) is 13.2 Å². The number of aliphatic hydroxyl groups is 1. The molecule has 2 aromatic rings. The zero-order valence-corrected chi connectivity index (χ0v) is 7.70. The molecule has 2 aromatic heterocycles. The first-order chi connectivity index (χ1) is 6.79. The molecule has 0 aliphatic heterocycles. The van der Waals surface area contributed by atoms with Crippen LogP contribution >= 0.6 is 0 Å². The van der Waals surface area contributed by atoms with Gasteiger partial charge in [0.2, 0.25) is 0 Å². The van der Waals surface area contributed by atoms with Gasteiger partial charge in [-0.3, -0.25) is 0 Å². The van der Waals surface area contributed by atoms with E-state index in [1.807, 2.05) is 0 Å². The summed E-state index contributed by atoms with van der Waals surface area (Å²) in [7, 11) is 1.75. The average Bonchev–Trinajstić information content (AvgIpc) is 2.76. The monoisotopic (exact) mass is 194 g/mol. The van der Waals surface area contributed by atoms with Crippen LogP contribution in [0.1, 0.15) is 11.5 Å². The lowest BCUT2D eigenvalue weighted by molar-refractivity contribution is 0.265. The fraction of sp³-hybridized carbons (Fsp3) is 0.429. The highest BCUT2D eigenvalue weighted by Crippen LogP contribution is 2.00. The van der Waals surface area contributed by atoms with E-state index in [-0.39, 0.29) is 6.61 Å².